The zero-order valence-electron chi connectivity index (χ0n) is 19.5. The Balaban J connectivity index is 1.87. The van der Waals surface area contributed by atoms with Crippen molar-refractivity contribution in [1.29, 1.82) is 0 Å². The summed E-state index contributed by atoms with van der Waals surface area (Å²) in [6.07, 6.45) is 4.17. The molecule has 1 aliphatic rings. The lowest BCUT2D eigenvalue weighted by Gasteiger charge is -2.24. The number of rotatable bonds is 11. The van der Waals surface area contributed by atoms with E-state index < -0.39 is 35.7 Å². The fourth-order valence-electron chi connectivity index (χ4n) is 3.31. The Morgan fingerprint density at radius 2 is 1.52 bits per heavy atom. The molecule has 2 rings (SSSR count). The molecule has 33 heavy (non-hydrogen) atoms. The van der Waals surface area contributed by atoms with E-state index in [4.69, 9.17) is 0 Å². The molecule has 0 saturated heterocycles. The summed E-state index contributed by atoms with van der Waals surface area (Å²) >= 11 is 0. The zero-order chi connectivity index (χ0) is 24.5. The molecule has 5 amide bonds. The first-order valence-corrected chi connectivity index (χ1v) is 11.2. The van der Waals surface area contributed by atoms with Gasteiger partial charge >= 0.3 is 0 Å². The van der Waals surface area contributed by atoms with Crippen LogP contribution < -0.4 is 16.0 Å². The molecule has 0 aliphatic carbocycles. The van der Waals surface area contributed by atoms with Crippen molar-refractivity contribution in [2.45, 2.75) is 59.0 Å². The van der Waals surface area contributed by atoms with Gasteiger partial charge in [-0.1, -0.05) is 39.3 Å². The van der Waals surface area contributed by atoms with Crippen LogP contribution in [0, 0.1) is 5.92 Å². The number of hydrogen-bond donors (Lipinski definition) is 3. The number of nitrogens with zero attached hydrogens (tertiary/aromatic N) is 1. The first-order valence-electron chi connectivity index (χ1n) is 11.2. The Bertz CT molecular complexity index is 905. The molecule has 1 aromatic rings. The summed E-state index contributed by atoms with van der Waals surface area (Å²) in [6, 6.07) is 5.85. The van der Waals surface area contributed by atoms with E-state index in [0.29, 0.717) is 5.69 Å². The quantitative estimate of drug-likeness (QED) is 0.436. The van der Waals surface area contributed by atoms with Crippen molar-refractivity contribution in [3.63, 3.8) is 0 Å². The van der Waals surface area contributed by atoms with Gasteiger partial charge in [0.2, 0.25) is 17.7 Å². The van der Waals surface area contributed by atoms with E-state index in [1.54, 1.807) is 20.8 Å². The molecule has 0 saturated carbocycles. The minimum Gasteiger partial charge on any atom is -0.344 e. The number of carbonyl (C=O) groups is 5. The minimum absolute atomic E-state index is 0.0706. The van der Waals surface area contributed by atoms with E-state index in [2.05, 4.69) is 22.9 Å². The predicted octanol–water partition coefficient (Wildman–Crippen LogP) is 1.54. The molecule has 1 heterocycles. The van der Waals surface area contributed by atoms with Gasteiger partial charge in [0.05, 0.1) is 0 Å². The van der Waals surface area contributed by atoms with Gasteiger partial charge in [-0.3, -0.25) is 28.9 Å². The summed E-state index contributed by atoms with van der Waals surface area (Å²) in [4.78, 5) is 61.7. The topological polar surface area (TPSA) is 125 Å². The number of anilines is 1. The lowest BCUT2D eigenvalue weighted by molar-refractivity contribution is -0.137. The Labute approximate surface area is 194 Å². The van der Waals surface area contributed by atoms with Crippen LogP contribution in [0.5, 0.6) is 0 Å². The fraction of sp³-hybridized carbons (Fsp3) is 0.458. The summed E-state index contributed by atoms with van der Waals surface area (Å²) < 4.78 is 0. The maximum absolute atomic E-state index is 12.7. The summed E-state index contributed by atoms with van der Waals surface area (Å²) in [5.41, 5.74) is 1.82. The molecule has 1 aliphatic heterocycles. The average Bonchev–Trinajstić information content (AvgIpc) is 3.08. The van der Waals surface area contributed by atoms with E-state index in [-0.39, 0.29) is 24.8 Å². The lowest BCUT2D eigenvalue weighted by atomic mass is 10.0. The third-order valence-corrected chi connectivity index (χ3v) is 5.24. The van der Waals surface area contributed by atoms with Crippen molar-refractivity contribution in [2.75, 3.05) is 11.9 Å². The maximum atomic E-state index is 12.7. The van der Waals surface area contributed by atoms with E-state index >= 15 is 0 Å². The lowest BCUT2D eigenvalue weighted by Crippen LogP contribution is -2.54. The third kappa shape index (κ3) is 7.55. The summed E-state index contributed by atoms with van der Waals surface area (Å²) in [7, 11) is 0. The van der Waals surface area contributed by atoms with E-state index in [0.717, 1.165) is 29.9 Å². The van der Waals surface area contributed by atoms with Gasteiger partial charge in [-0.15, -0.1) is 0 Å². The molecule has 178 valence electrons. The highest BCUT2D eigenvalue weighted by Crippen LogP contribution is 2.12. The monoisotopic (exact) mass is 456 g/mol. The van der Waals surface area contributed by atoms with E-state index in [1.807, 2.05) is 24.3 Å². The van der Waals surface area contributed by atoms with Crippen LogP contribution in [-0.2, 0) is 30.4 Å². The highest BCUT2D eigenvalue weighted by Gasteiger charge is 2.28. The molecule has 1 aromatic carbocycles. The van der Waals surface area contributed by atoms with Crippen LogP contribution in [0.2, 0.25) is 0 Å². The van der Waals surface area contributed by atoms with Gasteiger partial charge in [0, 0.05) is 30.8 Å². The van der Waals surface area contributed by atoms with Gasteiger partial charge in [0.25, 0.3) is 11.8 Å². The molecular weight excluding hydrogens is 424 g/mol. The molecule has 9 nitrogen and oxygen atoms in total. The molecule has 0 radical (unpaired) electrons. The highest BCUT2D eigenvalue weighted by atomic mass is 16.2. The van der Waals surface area contributed by atoms with Crippen LogP contribution in [0.4, 0.5) is 5.69 Å². The Morgan fingerprint density at radius 3 is 2.06 bits per heavy atom. The molecule has 3 N–H and O–H groups in total. The maximum Gasteiger partial charge on any atom is 0.253 e. The smallest absolute Gasteiger partial charge is 0.253 e. The Kier molecular flexibility index (Phi) is 9.32. The van der Waals surface area contributed by atoms with Gasteiger partial charge in [-0.05, 0) is 37.0 Å². The first kappa shape index (κ1) is 25.8. The van der Waals surface area contributed by atoms with Gasteiger partial charge < -0.3 is 16.0 Å². The second-order valence-corrected chi connectivity index (χ2v) is 8.37. The zero-order valence-corrected chi connectivity index (χ0v) is 19.5. The molecule has 0 spiro atoms. The molecule has 2 atom stereocenters. The van der Waals surface area contributed by atoms with Crippen molar-refractivity contribution in [3.8, 4) is 0 Å². The van der Waals surface area contributed by atoms with Crippen LogP contribution in [0.25, 0.3) is 0 Å². The van der Waals surface area contributed by atoms with Gasteiger partial charge in [0.15, 0.2) is 0 Å². The normalized spacial score (nSPS) is 14.9. The van der Waals surface area contributed by atoms with Gasteiger partial charge in [-0.2, -0.15) is 0 Å². The number of nitrogens with one attached hydrogen (secondary N) is 3. The molecule has 0 aromatic heterocycles. The molecule has 1 unspecified atom stereocenters. The van der Waals surface area contributed by atoms with Crippen molar-refractivity contribution < 1.29 is 24.0 Å². The SMILES string of the molecule is CCCc1ccc(NC(=O)[C@H](C)NC(=O)C(NC(=O)CCN2C(=O)C=CC2=O)C(C)C)cc1. The number of benzene rings is 1. The number of aryl methyl sites for hydroxylation is 1. The number of carbonyl (C=O) groups excluding carboxylic acids is 5. The van der Waals surface area contributed by atoms with E-state index in [9.17, 15) is 24.0 Å². The molecule has 0 bridgehead atoms. The molecule has 9 heteroatoms. The average molecular weight is 457 g/mol. The van der Waals surface area contributed by atoms with Gasteiger partial charge in [-0.25, -0.2) is 0 Å². The standard InChI is InChI=1S/C24H32N4O5/c1-5-6-17-7-9-18(10-8-17)26-23(32)16(4)25-24(33)22(15(2)3)27-19(29)13-14-28-20(30)11-12-21(28)31/h7-12,15-16,22H,5-6,13-14H2,1-4H3,(H,25,33)(H,26,32)(H,27,29)/t16-,22?/m0/s1. The van der Waals surface area contributed by atoms with Gasteiger partial charge in [0.1, 0.15) is 12.1 Å². The number of amides is 5. The number of hydrogen-bond acceptors (Lipinski definition) is 5. The van der Waals surface area contributed by atoms with Crippen molar-refractivity contribution in [3.05, 3.63) is 42.0 Å². The molecule has 0 fully saturated rings. The second-order valence-electron chi connectivity index (χ2n) is 8.37. The molecular formula is C24H32N4O5. The minimum atomic E-state index is -0.871. The van der Waals surface area contributed by atoms with E-state index in [1.165, 1.54) is 5.56 Å². The summed E-state index contributed by atoms with van der Waals surface area (Å²) in [5.74, 6) is -2.52. The van der Waals surface area contributed by atoms with Crippen LogP contribution in [0.3, 0.4) is 0 Å². The summed E-state index contributed by atoms with van der Waals surface area (Å²) in [6.45, 7) is 7.13. The van der Waals surface area contributed by atoms with Crippen LogP contribution >= 0.6 is 0 Å². The number of imide groups is 1. The summed E-state index contributed by atoms with van der Waals surface area (Å²) in [5, 5.41) is 8.03. The highest BCUT2D eigenvalue weighted by molar-refractivity contribution is 6.13. The first-order chi connectivity index (χ1) is 15.6. The Morgan fingerprint density at radius 1 is 0.909 bits per heavy atom. The third-order valence-electron chi connectivity index (χ3n) is 5.24. The van der Waals surface area contributed by atoms with Crippen LogP contribution in [-0.4, -0.2) is 53.1 Å². The van der Waals surface area contributed by atoms with Crippen LogP contribution in [0.15, 0.2) is 36.4 Å². The van der Waals surface area contributed by atoms with Crippen molar-refractivity contribution >= 4 is 35.2 Å². The van der Waals surface area contributed by atoms with Crippen molar-refractivity contribution in [1.82, 2.24) is 15.5 Å². The second kappa shape index (κ2) is 11.9. The fourth-order valence-corrected chi connectivity index (χ4v) is 3.31. The van der Waals surface area contributed by atoms with Crippen molar-refractivity contribution in [2.24, 2.45) is 5.92 Å². The largest absolute Gasteiger partial charge is 0.344 e. The predicted molar refractivity (Wildman–Crippen MR) is 124 cm³/mol. The Hall–Kier alpha value is -3.49. The van der Waals surface area contributed by atoms with Crippen LogP contribution in [0.1, 0.15) is 46.1 Å².